The third kappa shape index (κ3) is 3.54. The third-order valence-corrected chi connectivity index (χ3v) is 4.41. The van der Waals surface area contributed by atoms with Gasteiger partial charge in [0, 0.05) is 11.6 Å². The number of hydrogen-bond acceptors (Lipinski definition) is 4. The number of aryl methyl sites for hydroxylation is 1. The van der Waals surface area contributed by atoms with Crippen molar-refractivity contribution >= 4 is 17.5 Å². The van der Waals surface area contributed by atoms with E-state index in [1.165, 1.54) is 0 Å². The molecule has 1 saturated carbocycles. The summed E-state index contributed by atoms with van der Waals surface area (Å²) in [6, 6.07) is 7.14. The first-order chi connectivity index (χ1) is 11.0. The van der Waals surface area contributed by atoms with Crippen LogP contribution in [0.1, 0.15) is 42.1 Å². The maximum Gasteiger partial charge on any atom is 0.291 e. The van der Waals surface area contributed by atoms with E-state index in [2.05, 4.69) is 15.4 Å². The van der Waals surface area contributed by atoms with Crippen LogP contribution in [-0.2, 0) is 0 Å². The van der Waals surface area contributed by atoms with Crippen molar-refractivity contribution in [2.24, 2.45) is 0 Å². The zero-order chi connectivity index (χ0) is 16.4. The number of carbonyl (C=O) groups is 1. The summed E-state index contributed by atoms with van der Waals surface area (Å²) in [6.07, 6.45) is 3.43. The van der Waals surface area contributed by atoms with Gasteiger partial charge < -0.3 is 10.4 Å². The highest BCUT2D eigenvalue weighted by Gasteiger charge is 2.31. The van der Waals surface area contributed by atoms with E-state index in [0.717, 1.165) is 31.4 Å². The second kappa shape index (κ2) is 6.29. The van der Waals surface area contributed by atoms with Crippen LogP contribution >= 0.6 is 11.6 Å². The normalized spacial score (nSPS) is 16.5. The van der Waals surface area contributed by atoms with Gasteiger partial charge in [0.25, 0.3) is 5.91 Å². The Morgan fingerprint density at radius 1 is 1.35 bits per heavy atom. The molecule has 7 heteroatoms. The van der Waals surface area contributed by atoms with Crippen LogP contribution in [0.15, 0.2) is 24.3 Å². The number of carbonyl (C=O) groups excluding carboxylic acids is 1. The van der Waals surface area contributed by atoms with Gasteiger partial charge in [0.05, 0.1) is 11.3 Å². The van der Waals surface area contributed by atoms with Gasteiger partial charge in [-0.2, -0.15) is 0 Å². The number of amides is 1. The van der Waals surface area contributed by atoms with E-state index in [-0.39, 0.29) is 18.3 Å². The maximum absolute atomic E-state index is 12.2. The molecule has 0 radical (unpaired) electrons. The number of aromatic nitrogens is 3. The molecule has 0 atom stereocenters. The molecule has 122 valence electrons. The van der Waals surface area contributed by atoms with Crippen molar-refractivity contribution in [3.05, 3.63) is 40.9 Å². The molecule has 3 rings (SSSR count). The van der Waals surface area contributed by atoms with Crippen LogP contribution in [0.2, 0.25) is 5.02 Å². The third-order valence-electron chi connectivity index (χ3n) is 4.16. The molecule has 23 heavy (non-hydrogen) atoms. The largest absolute Gasteiger partial charge is 0.388 e. The second-order valence-electron chi connectivity index (χ2n) is 5.98. The lowest BCUT2D eigenvalue weighted by molar-refractivity contribution is 0.0447. The van der Waals surface area contributed by atoms with Crippen molar-refractivity contribution in [1.29, 1.82) is 0 Å². The lowest BCUT2D eigenvalue weighted by Gasteiger charge is -2.21. The van der Waals surface area contributed by atoms with E-state index in [0.29, 0.717) is 10.8 Å². The summed E-state index contributed by atoms with van der Waals surface area (Å²) in [5.41, 5.74) is -0.00318. The Kier molecular flexibility index (Phi) is 4.37. The highest BCUT2D eigenvalue weighted by molar-refractivity contribution is 6.30. The number of rotatable bonds is 4. The molecular formula is C16H19ClN4O2. The second-order valence-corrected chi connectivity index (χ2v) is 6.42. The molecule has 1 heterocycles. The molecule has 0 aliphatic heterocycles. The summed E-state index contributed by atoms with van der Waals surface area (Å²) in [5.74, 6) is 0.331. The van der Waals surface area contributed by atoms with Crippen LogP contribution in [-0.4, -0.2) is 37.9 Å². The smallest absolute Gasteiger partial charge is 0.291 e. The Hall–Kier alpha value is -1.92. The highest BCUT2D eigenvalue weighted by Crippen LogP contribution is 2.28. The van der Waals surface area contributed by atoms with Gasteiger partial charge in [0.15, 0.2) is 0 Å². The molecule has 0 spiro atoms. The van der Waals surface area contributed by atoms with Crippen LogP contribution in [0.3, 0.4) is 0 Å². The summed E-state index contributed by atoms with van der Waals surface area (Å²) in [6.45, 7) is 2.02. The number of nitrogens with one attached hydrogen (secondary N) is 1. The molecule has 0 unspecified atom stereocenters. The van der Waals surface area contributed by atoms with Crippen molar-refractivity contribution in [3.63, 3.8) is 0 Å². The molecular weight excluding hydrogens is 316 g/mol. The number of aliphatic hydroxyl groups is 1. The number of benzene rings is 1. The fourth-order valence-electron chi connectivity index (χ4n) is 2.85. The monoisotopic (exact) mass is 334 g/mol. The Balaban J connectivity index is 1.72. The molecule has 2 N–H and O–H groups in total. The minimum atomic E-state index is -0.788. The molecule has 1 fully saturated rings. The summed E-state index contributed by atoms with van der Waals surface area (Å²) in [5, 5.41) is 17.9. The molecule has 1 aromatic heterocycles. The van der Waals surface area contributed by atoms with Gasteiger partial charge >= 0.3 is 0 Å². The van der Waals surface area contributed by atoms with E-state index in [4.69, 9.17) is 11.6 Å². The van der Waals surface area contributed by atoms with E-state index in [9.17, 15) is 9.90 Å². The number of hydrogen-bond donors (Lipinski definition) is 2. The van der Waals surface area contributed by atoms with Crippen molar-refractivity contribution in [3.8, 4) is 5.69 Å². The van der Waals surface area contributed by atoms with Gasteiger partial charge in [-0.3, -0.25) is 4.79 Å². The Labute approximate surface area is 139 Å². The predicted molar refractivity (Wildman–Crippen MR) is 86.9 cm³/mol. The molecule has 0 saturated heterocycles. The Bertz CT molecular complexity index is 705. The van der Waals surface area contributed by atoms with Crippen LogP contribution in [0.5, 0.6) is 0 Å². The SMILES string of the molecule is Cc1nc(C(=O)NCC2(O)CCCC2)nn1-c1ccc(Cl)cc1. The van der Waals surface area contributed by atoms with Gasteiger partial charge in [0.1, 0.15) is 5.82 Å². The first kappa shape index (κ1) is 16.0. The van der Waals surface area contributed by atoms with Gasteiger partial charge in [-0.25, -0.2) is 9.67 Å². The molecule has 2 aromatic rings. The van der Waals surface area contributed by atoms with Crippen molar-refractivity contribution < 1.29 is 9.90 Å². The van der Waals surface area contributed by atoms with Crippen molar-refractivity contribution in [2.75, 3.05) is 6.54 Å². The summed E-state index contributed by atoms with van der Waals surface area (Å²) >= 11 is 5.88. The summed E-state index contributed by atoms with van der Waals surface area (Å²) in [7, 11) is 0. The summed E-state index contributed by atoms with van der Waals surface area (Å²) in [4.78, 5) is 16.4. The van der Waals surface area contributed by atoms with Crippen LogP contribution in [0.4, 0.5) is 0 Å². The lowest BCUT2D eigenvalue weighted by atomic mass is 10.0. The van der Waals surface area contributed by atoms with Crippen LogP contribution in [0, 0.1) is 6.92 Å². The van der Waals surface area contributed by atoms with Gasteiger partial charge in [-0.05, 0) is 44.0 Å². The summed E-state index contributed by atoms with van der Waals surface area (Å²) < 4.78 is 1.59. The average molecular weight is 335 g/mol. The van der Waals surface area contributed by atoms with E-state index in [1.807, 2.05) is 12.1 Å². The van der Waals surface area contributed by atoms with Gasteiger partial charge in [-0.15, -0.1) is 5.10 Å². The molecule has 1 aliphatic rings. The molecule has 1 aromatic carbocycles. The zero-order valence-corrected chi connectivity index (χ0v) is 13.7. The molecule has 1 aliphatic carbocycles. The fraction of sp³-hybridized carbons (Fsp3) is 0.438. The van der Waals surface area contributed by atoms with E-state index in [1.54, 1.807) is 23.7 Å². The minimum Gasteiger partial charge on any atom is -0.388 e. The number of nitrogens with zero attached hydrogens (tertiary/aromatic N) is 3. The average Bonchev–Trinajstić information content (AvgIpc) is 3.13. The molecule has 6 nitrogen and oxygen atoms in total. The van der Waals surface area contributed by atoms with Crippen LogP contribution < -0.4 is 5.32 Å². The zero-order valence-electron chi connectivity index (χ0n) is 12.9. The van der Waals surface area contributed by atoms with E-state index >= 15 is 0 Å². The first-order valence-electron chi connectivity index (χ1n) is 7.67. The number of halogens is 1. The molecule has 0 bridgehead atoms. The van der Waals surface area contributed by atoms with Crippen molar-refractivity contribution in [1.82, 2.24) is 20.1 Å². The highest BCUT2D eigenvalue weighted by atomic mass is 35.5. The Morgan fingerprint density at radius 2 is 2.00 bits per heavy atom. The quantitative estimate of drug-likeness (QED) is 0.898. The minimum absolute atomic E-state index is 0.0963. The topological polar surface area (TPSA) is 80.0 Å². The van der Waals surface area contributed by atoms with E-state index < -0.39 is 5.60 Å². The lowest BCUT2D eigenvalue weighted by Crippen LogP contribution is -2.41. The van der Waals surface area contributed by atoms with Gasteiger partial charge in [-0.1, -0.05) is 24.4 Å². The standard InChI is InChI=1S/C16H19ClN4O2/c1-11-19-14(15(22)18-10-16(23)8-2-3-9-16)20-21(11)13-6-4-12(17)5-7-13/h4-7,23H,2-3,8-10H2,1H3,(H,18,22). The maximum atomic E-state index is 12.2. The van der Waals surface area contributed by atoms with Crippen LogP contribution in [0.25, 0.3) is 5.69 Å². The predicted octanol–water partition coefficient (Wildman–Crippen LogP) is 2.26. The van der Waals surface area contributed by atoms with Gasteiger partial charge in [0.2, 0.25) is 5.82 Å². The Morgan fingerprint density at radius 3 is 2.65 bits per heavy atom. The fourth-order valence-corrected chi connectivity index (χ4v) is 2.97. The first-order valence-corrected chi connectivity index (χ1v) is 8.05. The molecule has 1 amide bonds. The van der Waals surface area contributed by atoms with Crippen molar-refractivity contribution in [2.45, 2.75) is 38.2 Å².